The Bertz CT molecular complexity index is 819. The van der Waals surface area contributed by atoms with Crippen LogP contribution in [0.25, 0.3) is 11.1 Å². The number of hydrogen-bond donors (Lipinski definition) is 2. The summed E-state index contributed by atoms with van der Waals surface area (Å²) in [5.41, 5.74) is 4.95. The highest BCUT2D eigenvalue weighted by molar-refractivity contribution is 5.79. The number of fused-ring (bicyclic) bond motifs is 4. The van der Waals surface area contributed by atoms with Crippen molar-refractivity contribution in [2.45, 2.75) is 31.2 Å². The molecule has 2 aromatic rings. The van der Waals surface area contributed by atoms with Gasteiger partial charge in [-0.3, -0.25) is 0 Å². The summed E-state index contributed by atoms with van der Waals surface area (Å²) in [6.45, 7) is 0.630. The van der Waals surface area contributed by atoms with E-state index in [1.54, 1.807) is 0 Å². The van der Waals surface area contributed by atoms with Crippen molar-refractivity contribution in [3.05, 3.63) is 59.7 Å². The lowest BCUT2D eigenvalue weighted by molar-refractivity contribution is 0.101. The smallest absolute Gasteiger partial charge is 0.407 e. The van der Waals surface area contributed by atoms with Gasteiger partial charge in [-0.1, -0.05) is 48.5 Å². The molecule has 4 atom stereocenters. The molecular weight excluding hydrogens is 338 g/mol. The van der Waals surface area contributed by atoms with Crippen LogP contribution in [0.3, 0.4) is 0 Å². The number of carbonyl (C=O) groups excluding carboxylic acids is 1. The number of hydrogen-bond acceptors (Lipinski definition) is 3. The predicted octanol–water partition coefficient (Wildman–Crippen LogP) is 3.93. The molecule has 2 fully saturated rings. The number of ether oxygens (including phenoxy) is 1. The number of amides is 1. The van der Waals surface area contributed by atoms with Crippen molar-refractivity contribution in [3.8, 4) is 11.1 Å². The molecule has 0 radical (unpaired) electrons. The van der Waals surface area contributed by atoms with Crippen LogP contribution in [-0.2, 0) is 4.74 Å². The Morgan fingerprint density at radius 2 is 1.67 bits per heavy atom. The summed E-state index contributed by atoms with van der Waals surface area (Å²) in [5.74, 6) is 1.69. The van der Waals surface area contributed by atoms with Gasteiger partial charge in [0.15, 0.2) is 0 Å². The number of carbonyl (C=O) groups is 1. The van der Waals surface area contributed by atoms with Crippen LogP contribution in [0.4, 0.5) is 4.79 Å². The number of nitrogens with one attached hydrogen (secondary N) is 1. The van der Waals surface area contributed by atoms with E-state index in [9.17, 15) is 9.90 Å². The summed E-state index contributed by atoms with van der Waals surface area (Å²) in [6.07, 6.45) is 2.83. The van der Waals surface area contributed by atoms with Gasteiger partial charge in [0.05, 0.1) is 0 Å². The quantitative estimate of drug-likeness (QED) is 0.865. The van der Waals surface area contributed by atoms with Crippen molar-refractivity contribution in [2.75, 3.05) is 13.2 Å². The zero-order chi connectivity index (χ0) is 18.4. The average molecular weight is 363 g/mol. The van der Waals surface area contributed by atoms with E-state index in [0.717, 1.165) is 19.3 Å². The molecule has 0 heterocycles. The van der Waals surface area contributed by atoms with E-state index < -0.39 is 0 Å². The summed E-state index contributed by atoms with van der Waals surface area (Å²) >= 11 is 0. The molecule has 0 aromatic heterocycles. The first-order valence-electron chi connectivity index (χ1n) is 9.97. The SMILES string of the molecule is O=C(N[C@H]1C[C@H]2CC(CO)C[C@H]21)OCC1c2ccccc2-c2ccccc21. The molecule has 2 N–H and O–H groups in total. The van der Waals surface area contributed by atoms with Gasteiger partial charge in [0.25, 0.3) is 0 Å². The highest BCUT2D eigenvalue weighted by Crippen LogP contribution is 2.49. The largest absolute Gasteiger partial charge is 0.449 e. The highest BCUT2D eigenvalue weighted by Gasteiger charge is 2.48. The van der Waals surface area contributed by atoms with Crippen molar-refractivity contribution in [2.24, 2.45) is 17.8 Å². The maximum atomic E-state index is 12.4. The van der Waals surface area contributed by atoms with Crippen LogP contribution in [0, 0.1) is 17.8 Å². The molecule has 3 aliphatic rings. The van der Waals surface area contributed by atoms with E-state index in [0.29, 0.717) is 24.4 Å². The van der Waals surface area contributed by atoms with E-state index in [1.165, 1.54) is 22.3 Å². The third-order valence-corrected chi connectivity index (χ3v) is 6.83. The van der Waals surface area contributed by atoms with Gasteiger partial charge >= 0.3 is 6.09 Å². The summed E-state index contributed by atoms with van der Waals surface area (Å²) < 4.78 is 5.65. The van der Waals surface area contributed by atoms with Crippen LogP contribution < -0.4 is 5.32 Å². The van der Waals surface area contributed by atoms with Gasteiger partial charge in [0, 0.05) is 18.6 Å². The molecule has 2 saturated carbocycles. The summed E-state index contributed by atoms with van der Waals surface area (Å²) in [5, 5.41) is 12.4. The van der Waals surface area contributed by atoms with Gasteiger partial charge < -0.3 is 15.2 Å². The second-order valence-corrected chi connectivity index (χ2v) is 8.26. The molecule has 140 valence electrons. The van der Waals surface area contributed by atoms with Crippen LogP contribution in [0.15, 0.2) is 48.5 Å². The van der Waals surface area contributed by atoms with Crippen LogP contribution in [-0.4, -0.2) is 30.5 Å². The third kappa shape index (κ3) is 2.83. The lowest BCUT2D eigenvalue weighted by Gasteiger charge is -2.40. The highest BCUT2D eigenvalue weighted by atomic mass is 16.5. The number of aliphatic hydroxyl groups is 1. The summed E-state index contributed by atoms with van der Waals surface area (Å²) in [4.78, 5) is 12.4. The Morgan fingerprint density at radius 3 is 2.33 bits per heavy atom. The van der Waals surface area contributed by atoms with E-state index >= 15 is 0 Å². The molecular formula is C23H25NO3. The van der Waals surface area contributed by atoms with Gasteiger partial charge in [-0.2, -0.15) is 0 Å². The molecule has 4 heteroatoms. The minimum atomic E-state index is -0.312. The molecule has 4 nitrogen and oxygen atoms in total. The van der Waals surface area contributed by atoms with Crippen LogP contribution in [0.5, 0.6) is 0 Å². The molecule has 0 spiro atoms. The standard InChI is InChI=1S/C23H25NO3/c25-12-14-9-15-11-22(20(15)10-14)24-23(26)27-13-21-18-7-3-1-5-16(18)17-6-2-4-8-19(17)21/h1-8,14-15,20-22,25H,9-13H2,(H,24,26)/t14?,15-,20-,22+/m1/s1. The fourth-order valence-corrected chi connectivity index (χ4v) is 5.45. The second kappa shape index (κ2) is 6.68. The molecule has 2 aromatic carbocycles. The van der Waals surface area contributed by atoms with Gasteiger partial charge in [-0.05, 0) is 59.3 Å². The average Bonchev–Trinajstić information content (AvgIpc) is 3.19. The van der Waals surface area contributed by atoms with E-state index in [2.05, 4.69) is 41.7 Å². The Morgan fingerprint density at radius 1 is 1.00 bits per heavy atom. The molecule has 0 aliphatic heterocycles. The summed E-state index contributed by atoms with van der Waals surface area (Å²) in [7, 11) is 0. The Balaban J connectivity index is 1.23. The minimum Gasteiger partial charge on any atom is -0.449 e. The van der Waals surface area contributed by atoms with Crippen molar-refractivity contribution < 1.29 is 14.6 Å². The van der Waals surface area contributed by atoms with Crippen molar-refractivity contribution in [1.29, 1.82) is 0 Å². The maximum Gasteiger partial charge on any atom is 0.407 e. The monoisotopic (exact) mass is 363 g/mol. The fraction of sp³-hybridized carbons (Fsp3) is 0.435. The summed E-state index contributed by atoms with van der Waals surface area (Å²) in [6, 6.07) is 17.0. The first-order valence-corrected chi connectivity index (χ1v) is 9.97. The first kappa shape index (κ1) is 16.8. The molecule has 1 unspecified atom stereocenters. The fourth-order valence-electron chi connectivity index (χ4n) is 5.45. The van der Waals surface area contributed by atoms with E-state index in [-0.39, 0.29) is 24.7 Å². The van der Waals surface area contributed by atoms with Crippen LogP contribution in [0.1, 0.15) is 36.3 Å². The third-order valence-electron chi connectivity index (χ3n) is 6.83. The van der Waals surface area contributed by atoms with E-state index in [4.69, 9.17) is 4.74 Å². The van der Waals surface area contributed by atoms with Gasteiger partial charge in [0.2, 0.25) is 0 Å². The Hall–Kier alpha value is -2.33. The number of alkyl carbamates (subject to hydrolysis) is 1. The van der Waals surface area contributed by atoms with Crippen molar-refractivity contribution >= 4 is 6.09 Å². The predicted molar refractivity (Wildman–Crippen MR) is 103 cm³/mol. The number of rotatable bonds is 4. The Labute approximate surface area is 159 Å². The minimum absolute atomic E-state index is 0.0996. The normalized spacial score (nSPS) is 28.0. The number of benzene rings is 2. The molecule has 1 amide bonds. The van der Waals surface area contributed by atoms with Gasteiger partial charge in [-0.25, -0.2) is 4.79 Å². The molecule has 0 saturated heterocycles. The van der Waals surface area contributed by atoms with E-state index in [1.807, 2.05) is 12.1 Å². The molecule has 3 aliphatic carbocycles. The van der Waals surface area contributed by atoms with Crippen LogP contribution >= 0.6 is 0 Å². The second-order valence-electron chi connectivity index (χ2n) is 8.26. The molecule has 0 bridgehead atoms. The molecule has 27 heavy (non-hydrogen) atoms. The van der Waals surface area contributed by atoms with Crippen molar-refractivity contribution in [3.63, 3.8) is 0 Å². The number of aliphatic hydroxyl groups excluding tert-OH is 1. The lowest BCUT2D eigenvalue weighted by atomic mass is 9.71. The zero-order valence-electron chi connectivity index (χ0n) is 15.3. The topological polar surface area (TPSA) is 58.6 Å². The van der Waals surface area contributed by atoms with Crippen LogP contribution in [0.2, 0.25) is 0 Å². The lowest BCUT2D eigenvalue weighted by Crippen LogP contribution is -2.50. The van der Waals surface area contributed by atoms with Gasteiger partial charge in [-0.15, -0.1) is 0 Å². The zero-order valence-corrected chi connectivity index (χ0v) is 15.3. The maximum absolute atomic E-state index is 12.4. The van der Waals surface area contributed by atoms with Gasteiger partial charge in [0.1, 0.15) is 6.61 Å². The molecule has 5 rings (SSSR count). The Kier molecular flexibility index (Phi) is 4.16. The van der Waals surface area contributed by atoms with Crippen molar-refractivity contribution in [1.82, 2.24) is 5.32 Å². The first-order chi connectivity index (χ1) is 13.2.